The average Bonchev–Trinajstić information content (AvgIpc) is 2.91. The molecule has 0 bridgehead atoms. The minimum absolute atomic E-state index is 0.110. The van der Waals surface area contributed by atoms with Gasteiger partial charge in [0, 0.05) is 5.69 Å². The third-order valence-corrected chi connectivity index (χ3v) is 5.04. The van der Waals surface area contributed by atoms with Gasteiger partial charge in [-0.2, -0.15) is 13.2 Å². The zero-order valence-electron chi connectivity index (χ0n) is 17.0. The van der Waals surface area contributed by atoms with Crippen molar-refractivity contribution in [2.45, 2.75) is 25.6 Å². The monoisotopic (exact) mass is 435 g/mol. The number of urea groups is 1. The van der Waals surface area contributed by atoms with Crippen LogP contribution in [0.5, 0.6) is 5.75 Å². The predicted octanol–water partition coefficient (Wildman–Crippen LogP) is 3.43. The first kappa shape index (κ1) is 22.1. The van der Waals surface area contributed by atoms with Crippen LogP contribution in [-0.4, -0.2) is 36.4 Å². The van der Waals surface area contributed by atoms with E-state index in [0.717, 1.165) is 34.7 Å². The van der Waals surface area contributed by atoms with Gasteiger partial charge in [-0.05, 0) is 61.4 Å². The summed E-state index contributed by atoms with van der Waals surface area (Å²) in [6.45, 7) is 2.74. The average molecular weight is 435 g/mol. The number of carbonyl (C=O) groups excluding carboxylic acids is 3. The Labute approximate surface area is 176 Å². The van der Waals surface area contributed by atoms with Crippen molar-refractivity contribution < 1.29 is 32.3 Å². The Hall–Kier alpha value is -3.56. The molecule has 1 heterocycles. The van der Waals surface area contributed by atoms with Crippen molar-refractivity contribution in [2.75, 3.05) is 19.0 Å². The number of benzene rings is 2. The maximum atomic E-state index is 13.0. The Morgan fingerprint density at radius 2 is 1.81 bits per heavy atom. The molecule has 0 radical (unpaired) electrons. The highest BCUT2D eigenvalue weighted by molar-refractivity contribution is 6.10. The van der Waals surface area contributed by atoms with Crippen LogP contribution in [0.25, 0.3) is 0 Å². The van der Waals surface area contributed by atoms with Crippen LogP contribution in [0.2, 0.25) is 0 Å². The van der Waals surface area contributed by atoms with Crippen molar-refractivity contribution in [3.05, 3.63) is 59.2 Å². The van der Waals surface area contributed by atoms with Crippen LogP contribution in [0, 0.1) is 6.92 Å². The summed E-state index contributed by atoms with van der Waals surface area (Å²) in [5.41, 5.74) is -0.830. The molecule has 2 N–H and O–H groups in total. The number of aryl methyl sites for hydroxylation is 1. The molecular formula is C21H20F3N3O4. The number of amides is 4. The highest BCUT2D eigenvalue weighted by Crippen LogP contribution is 2.32. The molecule has 1 atom stereocenters. The highest BCUT2D eigenvalue weighted by atomic mass is 19.4. The molecule has 7 nitrogen and oxygen atoms in total. The van der Waals surface area contributed by atoms with Crippen LogP contribution < -0.4 is 15.4 Å². The van der Waals surface area contributed by atoms with Gasteiger partial charge < -0.3 is 15.4 Å². The number of hydrogen-bond donors (Lipinski definition) is 2. The van der Waals surface area contributed by atoms with Crippen molar-refractivity contribution >= 4 is 23.5 Å². The number of halogens is 3. The van der Waals surface area contributed by atoms with Gasteiger partial charge in [-0.3, -0.25) is 14.5 Å². The van der Waals surface area contributed by atoms with Gasteiger partial charge in [0.2, 0.25) is 5.91 Å². The molecule has 1 saturated heterocycles. The highest BCUT2D eigenvalue weighted by Gasteiger charge is 2.49. The molecule has 164 valence electrons. The number of hydrogen-bond acceptors (Lipinski definition) is 4. The molecule has 1 unspecified atom stereocenters. The molecule has 10 heteroatoms. The van der Waals surface area contributed by atoms with E-state index in [1.165, 1.54) is 14.0 Å². The summed E-state index contributed by atoms with van der Waals surface area (Å²) in [6.07, 6.45) is -4.49. The van der Waals surface area contributed by atoms with Gasteiger partial charge in [0.1, 0.15) is 17.8 Å². The number of nitrogens with one attached hydrogen (secondary N) is 2. The topological polar surface area (TPSA) is 87.7 Å². The summed E-state index contributed by atoms with van der Waals surface area (Å²) in [6, 6.07) is 8.13. The summed E-state index contributed by atoms with van der Waals surface area (Å²) in [5.74, 6) is -0.722. The maximum absolute atomic E-state index is 13.0. The van der Waals surface area contributed by atoms with Crippen LogP contribution in [0.1, 0.15) is 23.6 Å². The van der Waals surface area contributed by atoms with Gasteiger partial charge in [-0.1, -0.05) is 6.07 Å². The summed E-state index contributed by atoms with van der Waals surface area (Å²) in [7, 11) is 1.52. The normalized spacial score (nSPS) is 18.7. The van der Waals surface area contributed by atoms with E-state index in [9.17, 15) is 27.6 Å². The molecule has 1 fully saturated rings. The van der Waals surface area contributed by atoms with Crippen molar-refractivity contribution in [2.24, 2.45) is 0 Å². The van der Waals surface area contributed by atoms with E-state index in [-0.39, 0.29) is 5.69 Å². The van der Waals surface area contributed by atoms with E-state index in [1.807, 2.05) is 0 Å². The molecule has 2 aromatic carbocycles. The smallest absolute Gasteiger partial charge is 0.416 e. The van der Waals surface area contributed by atoms with Crippen LogP contribution in [-0.2, 0) is 21.3 Å². The first-order chi connectivity index (χ1) is 14.5. The number of rotatable bonds is 5. The Morgan fingerprint density at radius 1 is 1.16 bits per heavy atom. The zero-order chi connectivity index (χ0) is 23.0. The van der Waals surface area contributed by atoms with E-state index in [4.69, 9.17) is 4.74 Å². The van der Waals surface area contributed by atoms with E-state index in [2.05, 4.69) is 10.6 Å². The van der Waals surface area contributed by atoms with E-state index < -0.39 is 41.7 Å². The fourth-order valence-electron chi connectivity index (χ4n) is 3.31. The lowest BCUT2D eigenvalue weighted by Crippen LogP contribution is -2.42. The summed E-state index contributed by atoms with van der Waals surface area (Å²) in [4.78, 5) is 38.4. The largest absolute Gasteiger partial charge is 0.496 e. The third kappa shape index (κ3) is 4.32. The van der Waals surface area contributed by atoms with Gasteiger partial charge in [0.15, 0.2) is 0 Å². The van der Waals surface area contributed by atoms with Gasteiger partial charge in [0.25, 0.3) is 5.91 Å². The van der Waals surface area contributed by atoms with Gasteiger partial charge in [0.05, 0.1) is 12.7 Å². The van der Waals surface area contributed by atoms with Crippen molar-refractivity contribution in [3.8, 4) is 5.75 Å². The third-order valence-electron chi connectivity index (χ3n) is 5.04. The lowest BCUT2D eigenvalue weighted by molar-refractivity contribution is -0.137. The van der Waals surface area contributed by atoms with E-state index in [0.29, 0.717) is 11.3 Å². The number of nitrogens with zero attached hydrogens (tertiary/aromatic N) is 1. The minimum Gasteiger partial charge on any atom is -0.496 e. The Kier molecular flexibility index (Phi) is 5.66. The second kappa shape index (κ2) is 7.93. The molecule has 0 aliphatic carbocycles. The number of imide groups is 1. The SMILES string of the molecule is COc1ccc(C2(C)NC(=O)N(CC(=O)Nc3ccc(C(F)(F)F)cc3)C2=O)cc1C. The van der Waals surface area contributed by atoms with Gasteiger partial charge in [-0.15, -0.1) is 0 Å². The predicted molar refractivity (Wildman–Crippen MR) is 105 cm³/mol. The number of anilines is 1. The van der Waals surface area contributed by atoms with Crippen LogP contribution in [0.4, 0.5) is 23.7 Å². The number of carbonyl (C=O) groups is 3. The zero-order valence-corrected chi connectivity index (χ0v) is 17.0. The second-order valence-corrected chi connectivity index (χ2v) is 7.25. The Bertz CT molecular complexity index is 1040. The van der Waals surface area contributed by atoms with E-state index in [1.54, 1.807) is 25.1 Å². The quantitative estimate of drug-likeness (QED) is 0.705. The second-order valence-electron chi connectivity index (χ2n) is 7.25. The summed E-state index contributed by atoms with van der Waals surface area (Å²) < 4.78 is 43.1. The van der Waals surface area contributed by atoms with Gasteiger partial charge in [-0.25, -0.2) is 4.79 Å². The molecule has 3 rings (SSSR count). The first-order valence-corrected chi connectivity index (χ1v) is 9.22. The number of ether oxygens (including phenoxy) is 1. The minimum atomic E-state index is -4.49. The van der Waals surface area contributed by atoms with Crippen LogP contribution in [0.3, 0.4) is 0 Å². The summed E-state index contributed by atoms with van der Waals surface area (Å²) >= 11 is 0. The molecular weight excluding hydrogens is 415 g/mol. The number of alkyl halides is 3. The van der Waals surface area contributed by atoms with Crippen LogP contribution in [0.15, 0.2) is 42.5 Å². The van der Waals surface area contributed by atoms with Crippen molar-refractivity contribution in [1.82, 2.24) is 10.2 Å². The molecule has 0 saturated carbocycles. The molecule has 1 aliphatic rings. The maximum Gasteiger partial charge on any atom is 0.416 e. The lowest BCUT2D eigenvalue weighted by Gasteiger charge is -2.23. The summed E-state index contributed by atoms with van der Waals surface area (Å²) in [5, 5.41) is 4.98. The lowest BCUT2D eigenvalue weighted by atomic mass is 9.90. The molecule has 4 amide bonds. The standard InChI is InChI=1S/C21H20F3N3O4/c1-12-10-14(6-9-16(12)31-3)20(2)18(29)27(19(30)26-20)11-17(28)25-15-7-4-13(5-8-15)21(22,23)24/h4-10H,11H2,1-3H3,(H,25,28)(H,26,30). The first-order valence-electron chi connectivity index (χ1n) is 9.22. The van der Waals surface area contributed by atoms with Crippen LogP contribution >= 0.6 is 0 Å². The van der Waals surface area contributed by atoms with Gasteiger partial charge >= 0.3 is 12.2 Å². The molecule has 0 aromatic heterocycles. The van der Waals surface area contributed by atoms with Crippen molar-refractivity contribution in [1.29, 1.82) is 0 Å². The number of methoxy groups -OCH3 is 1. The van der Waals surface area contributed by atoms with E-state index >= 15 is 0 Å². The Morgan fingerprint density at radius 3 is 2.35 bits per heavy atom. The fraction of sp³-hybridized carbons (Fsp3) is 0.286. The molecule has 1 aliphatic heterocycles. The molecule has 31 heavy (non-hydrogen) atoms. The van der Waals surface area contributed by atoms with Crippen molar-refractivity contribution in [3.63, 3.8) is 0 Å². The molecule has 0 spiro atoms. The fourth-order valence-corrected chi connectivity index (χ4v) is 3.31. The Balaban J connectivity index is 1.72. The molecule has 2 aromatic rings.